The lowest BCUT2D eigenvalue weighted by atomic mass is 10.1. The summed E-state index contributed by atoms with van der Waals surface area (Å²) in [5.41, 5.74) is 7.04. The summed E-state index contributed by atoms with van der Waals surface area (Å²) in [5, 5.41) is 4.27. The van der Waals surface area contributed by atoms with Crippen LogP contribution in [0.3, 0.4) is 0 Å². The van der Waals surface area contributed by atoms with E-state index in [-0.39, 0.29) is 0 Å². The molecule has 0 fully saturated rings. The number of likely N-dealkylation sites (N-methyl/N-ethyl adjacent to an activating group) is 1. The maximum Gasteiger partial charge on any atom is 0.0475 e. The molecule has 1 unspecified atom stereocenters. The smallest absolute Gasteiger partial charge is 0.0475 e. The summed E-state index contributed by atoms with van der Waals surface area (Å²) in [7, 11) is 2.11. The van der Waals surface area contributed by atoms with Crippen molar-refractivity contribution in [2.75, 3.05) is 20.1 Å². The summed E-state index contributed by atoms with van der Waals surface area (Å²) in [6, 6.07) is 2.54. The van der Waals surface area contributed by atoms with E-state index in [1.165, 1.54) is 5.56 Å². The maximum absolute atomic E-state index is 5.70. The van der Waals surface area contributed by atoms with Crippen molar-refractivity contribution in [2.45, 2.75) is 13.0 Å². The molecule has 0 amide bonds. The van der Waals surface area contributed by atoms with Gasteiger partial charge in [-0.25, -0.2) is 0 Å². The number of rotatable bonds is 4. The minimum Gasteiger partial charge on any atom is -0.329 e. The molecule has 2 nitrogen and oxygen atoms in total. The molecule has 3 heteroatoms. The van der Waals surface area contributed by atoms with Crippen molar-refractivity contribution < 1.29 is 0 Å². The Hall–Kier alpha value is -0.380. The van der Waals surface area contributed by atoms with E-state index >= 15 is 0 Å². The van der Waals surface area contributed by atoms with Crippen LogP contribution in [0.4, 0.5) is 0 Å². The van der Waals surface area contributed by atoms with Crippen molar-refractivity contribution in [1.82, 2.24) is 4.90 Å². The molecule has 2 N–H and O–H groups in total. The summed E-state index contributed by atoms with van der Waals surface area (Å²) in [4.78, 5) is 2.27. The fraction of sp³-hybridized carbons (Fsp3) is 0.556. The Kier molecular flexibility index (Phi) is 3.72. The molecule has 1 rings (SSSR count). The topological polar surface area (TPSA) is 29.3 Å². The SMILES string of the molecule is CCN(C)C(CN)c1ccsc1. The standard InChI is InChI=1S/C9H16N2S/c1-3-11(2)9(6-10)8-4-5-12-7-8/h4-5,7,9H,3,6,10H2,1-2H3. The van der Waals surface area contributed by atoms with Crippen molar-refractivity contribution in [2.24, 2.45) is 5.73 Å². The number of nitrogens with zero attached hydrogens (tertiary/aromatic N) is 1. The molecule has 0 saturated carbocycles. The molecule has 0 aliphatic rings. The zero-order valence-corrected chi connectivity index (χ0v) is 8.47. The van der Waals surface area contributed by atoms with Gasteiger partial charge in [0.05, 0.1) is 0 Å². The Morgan fingerprint density at radius 2 is 2.42 bits per heavy atom. The van der Waals surface area contributed by atoms with Gasteiger partial charge in [-0.15, -0.1) is 0 Å². The summed E-state index contributed by atoms with van der Waals surface area (Å²) in [5.74, 6) is 0. The van der Waals surface area contributed by atoms with E-state index in [1.807, 2.05) is 0 Å². The zero-order valence-electron chi connectivity index (χ0n) is 7.66. The fourth-order valence-electron chi connectivity index (χ4n) is 1.26. The van der Waals surface area contributed by atoms with E-state index in [0.29, 0.717) is 12.6 Å². The van der Waals surface area contributed by atoms with E-state index in [2.05, 4.69) is 35.7 Å². The van der Waals surface area contributed by atoms with Crippen LogP contribution in [0.25, 0.3) is 0 Å². The quantitative estimate of drug-likeness (QED) is 0.771. The van der Waals surface area contributed by atoms with Crippen LogP contribution in [0.2, 0.25) is 0 Å². The minimum atomic E-state index is 0.390. The molecule has 1 atom stereocenters. The fourth-order valence-corrected chi connectivity index (χ4v) is 1.96. The predicted octanol–water partition coefficient (Wildman–Crippen LogP) is 1.70. The average molecular weight is 184 g/mol. The Morgan fingerprint density at radius 3 is 2.83 bits per heavy atom. The number of nitrogens with two attached hydrogens (primary N) is 1. The van der Waals surface area contributed by atoms with Crippen LogP contribution in [-0.4, -0.2) is 25.0 Å². The highest BCUT2D eigenvalue weighted by molar-refractivity contribution is 7.07. The van der Waals surface area contributed by atoms with Gasteiger partial charge in [0.2, 0.25) is 0 Å². The summed E-state index contributed by atoms with van der Waals surface area (Å²) in [6.07, 6.45) is 0. The molecule has 1 aromatic rings. The zero-order chi connectivity index (χ0) is 8.97. The Balaban J connectivity index is 2.69. The second-order valence-corrected chi connectivity index (χ2v) is 3.66. The molecular formula is C9H16N2S. The lowest BCUT2D eigenvalue weighted by Gasteiger charge is -2.24. The van der Waals surface area contributed by atoms with Gasteiger partial charge in [0, 0.05) is 12.6 Å². The molecule has 12 heavy (non-hydrogen) atoms. The Morgan fingerprint density at radius 1 is 1.67 bits per heavy atom. The molecule has 68 valence electrons. The van der Waals surface area contributed by atoms with Gasteiger partial charge in [-0.2, -0.15) is 11.3 Å². The minimum absolute atomic E-state index is 0.390. The molecule has 0 spiro atoms. The van der Waals surface area contributed by atoms with Gasteiger partial charge in [-0.05, 0) is 36.0 Å². The highest BCUT2D eigenvalue weighted by Gasteiger charge is 2.13. The van der Waals surface area contributed by atoms with E-state index in [1.54, 1.807) is 11.3 Å². The van der Waals surface area contributed by atoms with Gasteiger partial charge < -0.3 is 5.73 Å². The number of hydrogen-bond acceptors (Lipinski definition) is 3. The Bertz CT molecular complexity index is 208. The maximum atomic E-state index is 5.70. The lowest BCUT2D eigenvalue weighted by Crippen LogP contribution is -2.29. The number of thiophene rings is 1. The first-order chi connectivity index (χ1) is 5.79. The van der Waals surface area contributed by atoms with E-state index in [9.17, 15) is 0 Å². The second-order valence-electron chi connectivity index (χ2n) is 2.88. The normalized spacial score (nSPS) is 13.7. The van der Waals surface area contributed by atoms with Gasteiger partial charge in [0.25, 0.3) is 0 Å². The molecule has 0 aliphatic carbocycles. The third-order valence-electron chi connectivity index (χ3n) is 2.18. The second kappa shape index (κ2) is 4.60. The van der Waals surface area contributed by atoms with Crippen LogP contribution in [0.5, 0.6) is 0 Å². The first kappa shape index (κ1) is 9.71. The first-order valence-electron chi connectivity index (χ1n) is 4.22. The van der Waals surface area contributed by atoms with E-state index in [0.717, 1.165) is 6.54 Å². The molecule has 0 radical (unpaired) electrons. The monoisotopic (exact) mass is 184 g/mol. The van der Waals surface area contributed by atoms with Crippen molar-refractivity contribution in [1.29, 1.82) is 0 Å². The third-order valence-corrected chi connectivity index (χ3v) is 2.88. The lowest BCUT2D eigenvalue weighted by molar-refractivity contribution is 0.264. The predicted molar refractivity (Wildman–Crippen MR) is 54.4 cm³/mol. The van der Waals surface area contributed by atoms with Gasteiger partial charge in [0.1, 0.15) is 0 Å². The molecule has 0 aliphatic heterocycles. The molecule has 0 saturated heterocycles. The van der Waals surface area contributed by atoms with Crippen molar-refractivity contribution in [3.8, 4) is 0 Å². The summed E-state index contributed by atoms with van der Waals surface area (Å²) in [6.45, 7) is 3.88. The molecule has 0 bridgehead atoms. The van der Waals surface area contributed by atoms with Gasteiger partial charge in [-0.1, -0.05) is 6.92 Å². The first-order valence-corrected chi connectivity index (χ1v) is 5.16. The van der Waals surface area contributed by atoms with Gasteiger partial charge >= 0.3 is 0 Å². The van der Waals surface area contributed by atoms with Crippen molar-refractivity contribution in [3.63, 3.8) is 0 Å². The molecular weight excluding hydrogens is 168 g/mol. The largest absolute Gasteiger partial charge is 0.329 e. The van der Waals surface area contributed by atoms with E-state index in [4.69, 9.17) is 5.73 Å². The highest BCUT2D eigenvalue weighted by atomic mass is 32.1. The van der Waals surface area contributed by atoms with Crippen LogP contribution in [0.15, 0.2) is 16.8 Å². The molecule has 0 aromatic carbocycles. The van der Waals surface area contributed by atoms with Gasteiger partial charge in [0.15, 0.2) is 0 Å². The van der Waals surface area contributed by atoms with Crippen molar-refractivity contribution >= 4 is 11.3 Å². The van der Waals surface area contributed by atoms with E-state index < -0.39 is 0 Å². The average Bonchev–Trinajstić information content (AvgIpc) is 2.58. The number of hydrogen-bond donors (Lipinski definition) is 1. The summed E-state index contributed by atoms with van der Waals surface area (Å²) >= 11 is 1.73. The molecule has 1 aromatic heterocycles. The van der Waals surface area contributed by atoms with Crippen LogP contribution in [-0.2, 0) is 0 Å². The summed E-state index contributed by atoms with van der Waals surface area (Å²) < 4.78 is 0. The van der Waals surface area contributed by atoms with Crippen LogP contribution in [0, 0.1) is 0 Å². The third kappa shape index (κ3) is 2.06. The Labute approximate surface area is 78.0 Å². The van der Waals surface area contributed by atoms with Gasteiger partial charge in [-0.3, -0.25) is 4.90 Å². The van der Waals surface area contributed by atoms with Crippen LogP contribution >= 0.6 is 11.3 Å². The van der Waals surface area contributed by atoms with Crippen LogP contribution in [0.1, 0.15) is 18.5 Å². The van der Waals surface area contributed by atoms with Crippen LogP contribution < -0.4 is 5.73 Å². The molecule has 1 heterocycles. The highest BCUT2D eigenvalue weighted by Crippen LogP contribution is 2.19. The van der Waals surface area contributed by atoms with Crippen molar-refractivity contribution in [3.05, 3.63) is 22.4 Å².